The first-order valence-corrected chi connectivity index (χ1v) is 11.6. The Kier molecular flexibility index (Phi) is 10.9. The first-order valence-electron chi connectivity index (χ1n) is 10.6. The number of rotatable bonds is 6. The minimum atomic E-state index is 0. The first kappa shape index (κ1) is 24.5. The SMILES string of the molecule is CCSC1CCCC(NC(=NC)NCc2ccnc(N3CCOC(C)C3)c2)C1.I. The standard InChI is InChI=1S/C21H35N5OS.HI/c1-4-28-19-7-5-6-18(13-19)25-21(22-3)24-14-17-8-9-23-20(12-17)26-10-11-27-16(2)15-26;/h8-9,12,16,18-19H,4-7,10-11,13-15H2,1-3H3,(H2,22,24,25);1H. The van der Waals surface area contributed by atoms with Gasteiger partial charge in [-0.15, -0.1) is 24.0 Å². The van der Waals surface area contributed by atoms with Crippen LogP contribution in [0.4, 0.5) is 5.82 Å². The minimum absolute atomic E-state index is 0. The summed E-state index contributed by atoms with van der Waals surface area (Å²) < 4.78 is 5.64. The van der Waals surface area contributed by atoms with Crippen LogP contribution >= 0.6 is 35.7 Å². The quantitative estimate of drug-likeness (QED) is 0.331. The number of pyridine rings is 1. The Morgan fingerprint density at radius 2 is 2.28 bits per heavy atom. The summed E-state index contributed by atoms with van der Waals surface area (Å²) in [6.45, 7) is 7.67. The third-order valence-corrected chi connectivity index (χ3v) is 6.66. The Morgan fingerprint density at radius 3 is 3.03 bits per heavy atom. The number of thioether (sulfide) groups is 1. The second-order valence-corrected chi connectivity index (χ2v) is 9.24. The molecule has 1 aromatic rings. The molecule has 1 saturated carbocycles. The number of nitrogens with zero attached hydrogens (tertiary/aromatic N) is 3. The van der Waals surface area contributed by atoms with E-state index in [0.717, 1.165) is 43.3 Å². The fourth-order valence-electron chi connectivity index (χ4n) is 4.01. The highest BCUT2D eigenvalue weighted by Gasteiger charge is 2.22. The smallest absolute Gasteiger partial charge is 0.191 e. The number of halogens is 1. The molecule has 8 heteroatoms. The topological polar surface area (TPSA) is 61.8 Å². The summed E-state index contributed by atoms with van der Waals surface area (Å²) in [4.78, 5) is 11.3. The average molecular weight is 534 g/mol. The van der Waals surface area contributed by atoms with E-state index in [9.17, 15) is 0 Å². The number of aromatic nitrogens is 1. The predicted octanol–water partition coefficient (Wildman–Crippen LogP) is 3.65. The lowest BCUT2D eigenvalue weighted by Gasteiger charge is -2.32. The van der Waals surface area contributed by atoms with E-state index in [1.807, 2.05) is 13.2 Å². The fourth-order valence-corrected chi connectivity index (χ4v) is 5.18. The van der Waals surface area contributed by atoms with Crippen molar-refractivity contribution < 1.29 is 4.74 Å². The Balaban J connectivity index is 0.00000300. The number of anilines is 1. The van der Waals surface area contributed by atoms with Crippen molar-refractivity contribution in [1.29, 1.82) is 0 Å². The number of aliphatic imine (C=N–C) groups is 1. The van der Waals surface area contributed by atoms with E-state index >= 15 is 0 Å². The van der Waals surface area contributed by atoms with Crippen LogP contribution in [-0.2, 0) is 11.3 Å². The fraction of sp³-hybridized carbons (Fsp3) is 0.714. The summed E-state index contributed by atoms with van der Waals surface area (Å²) in [6.07, 6.45) is 7.27. The Labute approximate surface area is 197 Å². The molecule has 1 saturated heterocycles. The molecule has 3 unspecified atom stereocenters. The van der Waals surface area contributed by atoms with Gasteiger partial charge in [0.05, 0.1) is 12.7 Å². The van der Waals surface area contributed by atoms with Gasteiger partial charge in [0.1, 0.15) is 5.82 Å². The normalized spacial score (nSPS) is 25.3. The van der Waals surface area contributed by atoms with Crippen molar-refractivity contribution in [2.24, 2.45) is 4.99 Å². The van der Waals surface area contributed by atoms with E-state index in [2.05, 4.69) is 63.3 Å². The van der Waals surface area contributed by atoms with E-state index < -0.39 is 0 Å². The molecule has 2 fully saturated rings. The molecule has 6 nitrogen and oxygen atoms in total. The van der Waals surface area contributed by atoms with Gasteiger partial charge < -0.3 is 20.3 Å². The van der Waals surface area contributed by atoms with Gasteiger partial charge in [-0.1, -0.05) is 13.3 Å². The van der Waals surface area contributed by atoms with E-state index in [1.165, 1.54) is 37.0 Å². The molecular weight excluding hydrogens is 497 g/mol. The zero-order valence-corrected chi connectivity index (χ0v) is 21.0. The summed E-state index contributed by atoms with van der Waals surface area (Å²) in [5.74, 6) is 3.13. The zero-order valence-electron chi connectivity index (χ0n) is 17.9. The van der Waals surface area contributed by atoms with Crippen molar-refractivity contribution in [3.05, 3.63) is 23.9 Å². The van der Waals surface area contributed by atoms with E-state index in [4.69, 9.17) is 4.74 Å². The van der Waals surface area contributed by atoms with Crippen LogP contribution in [0.15, 0.2) is 23.3 Å². The van der Waals surface area contributed by atoms with Gasteiger partial charge in [-0.25, -0.2) is 4.98 Å². The molecular formula is C21H36IN5OS. The average Bonchev–Trinajstić information content (AvgIpc) is 2.72. The van der Waals surface area contributed by atoms with Crippen molar-refractivity contribution in [3.8, 4) is 0 Å². The van der Waals surface area contributed by atoms with Gasteiger partial charge in [0.25, 0.3) is 0 Å². The highest BCUT2D eigenvalue weighted by Crippen LogP contribution is 2.28. The largest absolute Gasteiger partial charge is 0.375 e. The lowest BCUT2D eigenvalue weighted by molar-refractivity contribution is 0.0529. The van der Waals surface area contributed by atoms with E-state index in [1.54, 1.807) is 0 Å². The number of ether oxygens (including phenoxy) is 1. The van der Waals surface area contributed by atoms with Crippen LogP contribution in [0.3, 0.4) is 0 Å². The highest BCUT2D eigenvalue weighted by atomic mass is 127. The minimum Gasteiger partial charge on any atom is -0.375 e. The van der Waals surface area contributed by atoms with Crippen LogP contribution in [0.1, 0.15) is 45.1 Å². The van der Waals surface area contributed by atoms with Crippen LogP contribution in [0.5, 0.6) is 0 Å². The number of nitrogens with one attached hydrogen (secondary N) is 2. The Bertz CT molecular complexity index is 645. The van der Waals surface area contributed by atoms with Gasteiger partial charge in [-0.3, -0.25) is 4.99 Å². The summed E-state index contributed by atoms with van der Waals surface area (Å²) in [7, 11) is 1.85. The van der Waals surface area contributed by atoms with Gasteiger partial charge in [0.15, 0.2) is 5.96 Å². The van der Waals surface area contributed by atoms with Crippen molar-refractivity contribution >= 4 is 47.5 Å². The molecule has 2 N–H and O–H groups in total. The molecule has 0 bridgehead atoms. The van der Waals surface area contributed by atoms with Gasteiger partial charge in [-0.2, -0.15) is 11.8 Å². The predicted molar refractivity (Wildman–Crippen MR) is 135 cm³/mol. The van der Waals surface area contributed by atoms with Crippen molar-refractivity contribution in [2.75, 3.05) is 37.4 Å². The molecule has 1 aromatic heterocycles. The maximum absolute atomic E-state index is 5.64. The molecule has 0 radical (unpaired) electrons. The zero-order chi connectivity index (χ0) is 19.8. The highest BCUT2D eigenvalue weighted by molar-refractivity contribution is 14.0. The molecule has 2 aliphatic rings. The Morgan fingerprint density at radius 1 is 1.41 bits per heavy atom. The Hall–Kier alpha value is -0.740. The molecule has 1 aliphatic carbocycles. The summed E-state index contributed by atoms with van der Waals surface area (Å²) >= 11 is 2.10. The van der Waals surface area contributed by atoms with Crippen LogP contribution in [0.25, 0.3) is 0 Å². The third kappa shape index (κ3) is 7.79. The summed E-state index contributed by atoms with van der Waals surface area (Å²) in [5, 5.41) is 7.90. The molecule has 0 amide bonds. The van der Waals surface area contributed by atoms with Crippen molar-refractivity contribution in [1.82, 2.24) is 15.6 Å². The molecule has 3 rings (SSSR count). The van der Waals surface area contributed by atoms with Crippen molar-refractivity contribution in [3.63, 3.8) is 0 Å². The monoisotopic (exact) mass is 533 g/mol. The first-order chi connectivity index (χ1) is 13.7. The molecule has 2 heterocycles. The summed E-state index contributed by atoms with van der Waals surface area (Å²) in [5.41, 5.74) is 1.22. The lowest BCUT2D eigenvalue weighted by Crippen LogP contribution is -2.45. The second-order valence-electron chi connectivity index (χ2n) is 7.66. The van der Waals surface area contributed by atoms with Crippen molar-refractivity contribution in [2.45, 2.75) is 63.5 Å². The number of hydrogen-bond donors (Lipinski definition) is 2. The molecule has 0 spiro atoms. The molecule has 164 valence electrons. The van der Waals surface area contributed by atoms with Crippen LogP contribution < -0.4 is 15.5 Å². The summed E-state index contributed by atoms with van der Waals surface area (Å²) in [6, 6.07) is 4.77. The third-order valence-electron chi connectivity index (χ3n) is 5.43. The van der Waals surface area contributed by atoms with Gasteiger partial charge in [-0.05, 0) is 49.6 Å². The van der Waals surface area contributed by atoms with Crippen LogP contribution in [0, 0.1) is 0 Å². The maximum Gasteiger partial charge on any atom is 0.191 e. The molecule has 0 aromatic carbocycles. The lowest BCUT2D eigenvalue weighted by atomic mass is 9.95. The van der Waals surface area contributed by atoms with Gasteiger partial charge in [0, 0.05) is 44.2 Å². The van der Waals surface area contributed by atoms with E-state index in [0.29, 0.717) is 6.04 Å². The van der Waals surface area contributed by atoms with Gasteiger partial charge in [0.2, 0.25) is 0 Å². The molecule has 29 heavy (non-hydrogen) atoms. The number of guanidine groups is 1. The van der Waals surface area contributed by atoms with E-state index in [-0.39, 0.29) is 30.1 Å². The number of hydrogen-bond acceptors (Lipinski definition) is 5. The molecule has 1 aliphatic heterocycles. The maximum atomic E-state index is 5.64. The van der Waals surface area contributed by atoms with Crippen LogP contribution in [-0.4, -0.2) is 60.8 Å². The van der Waals surface area contributed by atoms with Crippen LogP contribution in [0.2, 0.25) is 0 Å². The second kappa shape index (κ2) is 12.8. The molecule has 3 atom stereocenters. The number of morpholine rings is 1. The van der Waals surface area contributed by atoms with Gasteiger partial charge >= 0.3 is 0 Å².